The molecule has 1 aromatic heterocycles. The smallest absolute Gasteiger partial charge is 0.300 e. The number of aromatic amines is 1. The fourth-order valence-electron chi connectivity index (χ4n) is 4.35. The fraction of sp³-hybridized carbons (Fsp3) is 0.111. The normalized spacial score (nSPS) is 17.5. The number of aliphatic hydroxyl groups excluding tert-OH is 1. The van der Waals surface area contributed by atoms with Gasteiger partial charge in [-0.1, -0.05) is 35.9 Å². The Hall–Kier alpha value is -4.03. The second-order valence-electron chi connectivity index (χ2n) is 8.12. The molecular weight excluding hydrogens is 452 g/mol. The van der Waals surface area contributed by atoms with Gasteiger partial charge in [0.05, 0.1) is 18.7 Å². The fourth-order valence-corrected chi connectivity index (χ4v) is 4.52. The Balaban J connectivity index is 1.76. The number of halogens is 1. The van der Waals surface area contributed by atoms with Crippen molar-refractivity contribution in [1.29, 1.82) is 0 Å². The monoisotopic (exact) mass is 472 g/mol. The summed E-state index contributed by atoms with van der Waals surface area (Å²) in [5, 5.41) is 12.6. The van der Waals surface area contributed by atoms with Crippen molar-refractivity contribution in [3.8, 4) is 5.75 Å². The Morgan fingerprint density at radius 1 is 1.06 bits per heavy atom. The van der Waals surface area contributed by atoms with E-state index in [2.05, 4.69) is 4.98 Å². The minimum Gasteiger partial charge on any atom is -0.507 e. The van der Waals surface area contributed by atoms with Gasteiger partial charge in [0, 0.05) is 38.9 Å². The lowest BCUT2D eigenvalue weighted by Gasteiger charge is -2.25. The van der Waals surface area contributed by atoms with Gasteiger partial charge in [0.2, 0.25) is 0 Å². The zero-order valence-electron chi connectivity index (χ0n) is 18.5. The molecule has 0 radical (unpaired) electrons. The Labute approximate surface area is 201 Å². The van der Waals surface area contributed by atoms with E-state index in [1.54, 1.807) is 55.8 Å². The number of carbonyl (C=O) groups is 2. The third-order valence-corrected chi connectivity index (χ3v) is 6.56. The summed E-state index contributed by atoms with van der Waals surface area (Å²) in [5.41, 5.74) is 3.30. The van der Waals surface area contributed by atoms with Gasteiger partial charge in [-0.3, -0.25) is 14.5 Å². The molecule has 2 N–H and O–H groups in total. The second-order valence-corrected chi connectivity index (χ2v) is 8.53. The number of nitrogens with one attached hydrogen (secondary N) is 1. The summed E-state index contributed by atoms with van der Waals surface area (Å²) in [7, 11) is 1.55. The van der Waals surface area contributed by atoms with Crippen molar-refractivity contribution in [3.05, 3.63) is 100 Å². The minimum atomic E-state index is -0.850. The Morgan fingerprint density at radius 2 is 1.79 bits per heavy atom. The van der Waals surface area contributed by atoms with Crippen LogP contribution in [0.5, 0.6) is 5.75 Å². The highest BCUT2D eigenvalue weighted by atomic mass is 35.5. The van der Waals surface area contributed by atoms with E-state index in [0.717, 1.165) is 16.5 Å². The molecule has 6 nitrogen and oxygen atoms in total. The molecule has 1 amide bonds. The van der Waals surface area contributed by atoms with Crippen molar-refractivity contribution < 1.29 is 19.4 Å². The molecular formula is C27H21ClN2O4. The molecule has 3 aromatic carbocycles. The summed E-state index contributed by atoms with van der Waals surface area (Å²) in [6.45, 7) is 1.86. The van der Waals surface area contributed by atoms with Gasteiger partial charge in [0.1, 0.15) is 11.5 Å². The summed E-state index contributed by atoms with van der Waals surface area (Å²) in [5.74, 6) is -1.14. The molecule has 7 heteroatoms. The highest BCUT2D eigenvalue weighted by Crippen LogP contribution is 2.44. The molecule has 4 aromatic rings. The molecule has 2 heterocycles. The van der Waals surface area contributed by atoms with Crippen molar-refractivity contribution in [1.82, 2.24) is 4.98 Å². The lowest BCUT2D eigenvalue weighted by atomic mass is 9.94. The van der Waals surface area contributed by atoms with Crippen LogP contribution in [-0.2, 0) is 9.59 Å². The number of Topliss-reactive ketones (excluding diaryl/α,β-unsaturated/α-hetero) is 1. The van der Waals surface area contributed by atoms with Gasteiger partial charge in [-0.05, 0) is 55.0 Å². The van der Waals surface area contributed by atoms with Gasteiger partial charge in [0.25, 0.3) is 11.7 Å². The van der Waals surface area contributed by atoms with E-state index in [4.69, 9.17) is 16.3 Å². The molecule has 1 atom stereocenters. The van der Waals surface area contributed by atoms with Crippen LogP contribution in [0, 0.1) is 6.92 Å². The molecule has 34 heavy (non-hydrogen) atoms. The summed E-state index contributed by atoms with van der Waals surface area (Å²) in [6, 6.07) is 18.6. The Bertz CT molecular complexity index is 1470. The molecule has 0 spiro atoms. The topological polar surface area (TPSA) is 82.6 Å². The Morgan fingerprint density at radius 3 is 2.50 bits per heavy atom. The first kappa shape index (κ1) is 21.8. The number of methoxy groups -OCH3 is 1. The van der Waals surface area contributed by atoms with E-state index in [0.29, 0.717) is 27.6 Å². The van der Waals surface area contributed by atoms with Gasteiger partial charge in [-0.25, -0.2) is 0 Å². The molecule has 1 saturated heterocycles. The highest BCUT2D eigenvalue weighted by molar-refractivity contribution is 6.52. The number of ether oxygens (including phenoxy) is 1. The predicted octanol–water partition coefficient (Wildman–Crippen LogP) is 5.76. The highest BCUT2D eigenvalue weighted by Gasteiger charge is 2.47. The molecule has 1 fully saturated rings. The van der Waals surface area contributed by atoms with Crippen LogP contribution in [0.1, 0.15) is 22.7 Å². The maximum Gasteiger partial charge on any atom is 0.300 e. The van der Waals surface area contributed by atoms with Crippen molar-refractivity contribution in [2.75, 3.05) is 12.0 Å². The van der Waals surface area contributed by atoms with Crippen molar-refractivity contribution in [2.45, 2.75) is 13.0 Å². The van der Waals surface area contributed by atoms with Crippen LogP contribution in [0.2, 0.25) is 5.02 Å². The number of nitrogens with zero attached hydrogens (tertiary/aromatic N) is 1. The number of aryl methyl sites for hydroxylation is 1. The van der Waals surface area contributed by atoms with Crippen LogP contribution in [0.25, 0.3) is 16.7 Å². The van der Waals surface area contributed by atoms with Gasteiger partial charge < -0.3 is 14.8 Å². The number of anilines is 1. The standard InChI is InChI=1S/C27H21ClN2O4/c1-15-7-10-17(13-21(15)28)30-24(20-14-29-22-6-4-3-5-19(20)22)23(26(32)27(30)33)25(31)16-8-11-18(34-2)12-9-16/h3-14,24,29,31H,1-2H3/b25-23+. The van der Waals surface area contributed by atoms with Gasteiger partial charge in [0.15, 0.2) is 0 Å². The van der Waals surface area contributed by atoms with Crippen LogP contribution in [0.4, 0.5) is 5.69 Å². The molecule has 0 bridgehead atoms. The summed E-state index contributed by atoms with van der Waals surface area (Å²) in [6.07, 6.45) is 1.77. The number of aliphatic hydroxyl groups is 1. The molecule has 1 unspecified atom stereocenters. The number of para-hydroxylation sites is 1. The third-order valence-electron chi connectivity index (χ3n) is 6.16. The zero-order chi connectivity index (χ0) is 24.0. The SMILES string of the molecule is COc1ccc(/C(O)=C2\C(=O)C(=O)N(c3ccc(C)c(Cl)c3)C2c2c[nH]c3ccccc23)cc1. The van der Waals surface area contributed by atoms with Gasteiger partial charge in [-0.15, -0.1) is 0 Å². The number of hydrogen-bond acceptors (Lipinski definition) is 4. The first-order valence-electron chi connectivity index (χ1n) is 10.7. The Kier molecular flexibility index (Phi) is 5.38. The first-order valence-corrected chi connectivity index (χ1v) is 11.1. The third kappa shape index (κ3) is 3.43. The minimum absolute atomic E-state index is 0.0108. The predicted molar refractivity (Wildman–Crippen MR) is 132 cm³/mol. The second kappa shape index (κ2) is 8.39. The number of amides is 1. The molecule has 1 aliphatic heterocycles. The summed E-state index contributed by atoms with van der Waals surface area (Å²) < 4.78 is 5.19. The molecule has 0 aliphatic carbocycles. The molecule has 170 valence electrons. The van der Waals surface area contributed by atoms with Crippen molar-refractivity contribution >= 4 is 45.6 Å². The molecule has 0 saturated carbocycles. The van der Waals surface area contributed by atoms with Gasteiger partial charge >= 0.3 is 0 Å². The van der Waals surface area contributed by atoms with Crippen LogP contribution >= 0.6 is 11.6 Å². The van der Waals surface area contributed by atoms with E-state index in [9.17, 15) is 14.7 Å². The number of H-pyrrole nitrogens is 1. The number of benzene rings is 3. The number of hydrogen-bond donors (Lipinski definition) is 2. The van der Waals surface area contributed by atoms with E-state index in [1.807, 2.05) is 31.2 Å². The maximum absolute atomic E-state index is 13.3. The lowest BCUT2D eigenvalue weighted by Crippen LogP contribution is -2.29. The lowest BCUT2D eigenvalue weighted by molar-refractivity contribution is -0.132. The first-order chi connectivity index (χ1) is 16.4. The molecule has 5 rings (SSSR count). The van der Waals surface area contributed by atoms with Crippen LogP contribution < -0.4 is 9.64 Å². The van der Waals surface area contributed by atoms with Crippen LogP contribution in [-0.4, -0.2) is 28.9 Å². The maximum atomic E-state index is 13.3. The van der Waals surface area contributed by atoms with Crippen LogP contribution in [0.3, 0.4) is 0 Å². The summed E-state index contributed by atoms with van der Waals surface area (Å²) >= 11 is 6.37. The van der Waals surface area contributed by atoms with Crippen molar-refractivity contribution in [2.24, 2.45) is 0 Å². The molecule has 1 aliphatic rings. The van der Waals surface area contributed by atoms with E-state index in [1.165, 1.54) is 4.90 Å². The number of fused-ring (bicyclic) bond motifs is 1. The number of carbonyl (C=O) groups excluding carboxylic acids is 2. The van der Waals surface area contributed by atoms with E-state index < -0.39 is 17.7 Å². The van der Waals surface area contributed by atoms with E-state index in [-0.39, 0.29) is 11.3 Å². The van der Waals surface area contributed by atoms with Gasteiger partial charge in [-0.2, -0.15) is 0 Å². The van der Waals surface area contributed by atoms with Crippen molar-refractivity contribution in [3.63, 3.8) is 0 Å². The zero-order valence-corrected chi connectivity index (χ0v) is 19.3. The average Bonchev–Trinajstić information content (AvgIpc) is 3.39. The number of ketones is 1. The number of aromatic nitrogens is 1. The number of rotatable bonds is 4. The van der Waals surface area contributed by atoms with Crippen LogP contribution in [0.15, 0.2) is 78.5 Å². The summed E-state index contributed by atoms with van der Waals surface area (Å²) in [4.78, 5) is 31.3. The largest absolute Gasteiger partial charge is 0.507 e. The average molecular weight is 473 g/mol. The quantitative estimate of drug-likeness (QED) is 0.224. The van der Waals surface area contributed by atoms with E-state index >= 15 is 0 Å².